The molecule has 1 aromatic carbocycles. The van der Waals surface area contributed by atoms with Crippen LogP contribution in [0.3, 0.4) is 0 Å². The Labute approximate surface area is 96.9 Å². The smallest absolute Gasteiger partial charge is 0.181 e. The second-order valence-corrected chi connectivity index (χ2v) is 3.86. The molecule has 0 aliphatic carbocycles. The first-order chi connectivity index (χ1) is 7.65. The maximum Gasteiger partial charge on any atom is 0.181 e. The molecule has 16 heavy (non-hydrogen) atoms. The number of halogens is 2. The van der Waals surface area contributed by atoms with Gasteiger partial charge in [0.15, 0.2) is 5.43 Å². The molecule has 4 heteroatoms. The molecule has 0 amide bonds. The lowest BCUT2D eigenvalue weighted by atomic mass is 10.2. The first kappa shape index (κ1) is 10.9. The summed E-state index contributed by atoms with van der Waals surface area (Å²) < 4.78 is 15.0. The predicted molar refractivity (Wildman–Crippen MR) is 61.2 cm³/mol. The van der Waals surface area contributed by atoms with E-state index in [0.29, 0.717) is 6.54 Å². The summed E-state index contributed by atoms with van der Waals surface area (Å²) in [5.74, 6) is -0.430. The fourth-order valence-electron chi connectivity index (χ4n) is 1.40. The Hall–Kier alpha value is -1.61. The second kappa shape index (κ2) is 4.49. The van der Waals surface area contributed by atoms with Crippen molar-refractivity contribution in [1.29, 1.82) is 0 Å². The number of benzene rings is 1. The van der Waals surface area contributed by atoms with Crippen molar-refractivity contribution in [2.24, 2.45) is 0 Å². The number of hydrogen-bond acceptors (Lipinski definition) is 1. The van der Waals surface area contributed by atoms with Gasteiger partial charge in [-0.2, -0.15) is 0 Å². The topological polar surface area (TPSA) is 22.0 Å². The minimum Gasteiger partial charge on any atom is -0.350 e. The summed E-state index contributed by atoms with van der Waals surface area (Å²) in [7, 11) is 0. The molecule has 0 saturated heterocycles. The second-order valence-electron chi connectivity index (χ2n) is 3.45. The van der Waals surface area contributed by atoms with Gasteiger partial charge in [0, 0.05) is 31.1 Å². The maximum atomic E-state index is 13.2. The van der Waals surface area contributed by atoms with Gasteiger partial charge in [-0.1, -0.05) is 17.7 Å². The third-order valence-electron chi connectivity index (χ3n) is 2.21. The van der Waals surface area contributed by atoms with Gasteiger partial charge in [-0.05, 0) is 17.7 Å². The molecule has 1 aromatic heterocycles. The van der Waals surface area contributed by atoms with Crippen LogP contribution in [-0.2, 0) is 6.54 Å². The van der Waals surface area contributed by atoms with E-state index in [9.17, 15) is 9.18 Å². The van der Waals surface area contributed by atoms with Gasteiger partial charge in [-0.25, -0.2) is 4.39 Å². The first-order valence-electron chi connectivity index (χ1n) is 4.75. The highest BCUT2D eigenvalue weighted by Gasteiger charge is 2.01. The van der Waals surface area contributed by atoms with Crippen LogP contribution >= 0.6 is 11.6 Å². The van der Waals surface area contributed by atoms with Crippen LogP contribution in [0.2, 0.25) is 5.02 Å². The highest BCUT2D eigenvalue weighted by atomic mass is 35.5. The summed E-state index contributed by atoms with van der Waals surface area (Å²) >= 11 is 5.58. The van der Waals surface area contributed by atoms with E-state index >= 15 is 0 Å². The van der Waals surface area contributed by atoms with Crippen molar-refractivity contribution in [3.05, 3.63) is 69.4 Å². The van der Waals surface area contributed by atoms with Crippen LogP contribution in [0.4, 0.5) is 4.39 Å². The maximum absolute atomic E-state index is 13.2. The van der Waals surface area contributed by atoms with Crippen molar-refractivity contribution in [3.8, 4) is 0 Å². The monoisotopic (exact) mass is 237 g/mol. The normalized spacial score (nSPS) is 10.4. The summed E-state index contributed by atoms with van der Waals surface area (Å²) in [5.41, 5.74) is 0.754. The molecule has 1 heterocycles. The fourth-order valence-corrected chi connectivity index (χ4v) is 1.52. The number of aromatic nitrogens is 1. The van der Waals surface area contributed by atoms with E-state index in [-0.39, 0.29) is 10.5 Å². The molecule has 0 aliphatic rings. The van der Waals surface area contributed by atoms with E-state index in [4.69, 9.17) is 11.6 Å². The molecular weight excluding hydrogens is 229 g/mol. The van der Waals surface area contributed by atoms with Crippen molar-refractivity contribution in [2.45, 2.75) is 6.54 Å². The number of nitrogens with zero attached hydrogens (tertiary/aromatic N) is 1. The largest absolute Gasteiger partial charge is 0.350 e. The van der Waals surface area contributed by atoms with E-state index in [0.717, 1.165) is 5.56 Å². The van der Waals surface area contributed by atoms with E-state index in [1.54, 1.807) is 23.0 Å². The van der Waals surface area contributed by atoms with E-state index in [2.05, 4.69) is 0 Å². The summed E-state index contributed by atoms with van der Waals surface area (Å²) in [4.78, 5) is 10.9. The SMILES string of the molecule is O=c1ccn(Cc2ccc(Cl)c(F)c2)cc1. The first-order valence-corrected chi connectivity index (χ1v) is 5.13. The summed E-state index contributed by atoms with van der Waals surface area (Å²) in [6, 6.07) is 7.59. The molecule has 0 fully saturated rings. The average Bonchev–Trinajstić information content (AvgIpc) is 2.27. The Balaban J connectivity index is 2.23. The van der Waals surface area contributed by atoms with Gasteiger partial charge in [-0.3, -0.25) is 4.79 Å². The van der Waals surface area contributed by atoms with Gasteiger partial charge in [-0.15, -0.1) is 0 Å². The summed E-state index contributed by atoms with van der Waals surface area (Å²) in [6.07, 6.45) is 3.32. The van der Waals surface area contributed by atoms with E-state index in [1.807, 2.05) is 0 Å². The van der Waals surface area contributed by atoms with Gasteiger partial charge >= 0.3 is 0 Å². The molecule has 0 bridgehead atoms. The number of rotatable bonds is 2. The van der Waals surface area contributed by atoms with E-state index < -0.39 is 5.82 Å². The van der Waals surface area contributed by atoms with Gasteiger partial charge in [0.05, 0.1) is 5.02 Å². The van der Waals surface area contributed by atoms with Crippen molar-refractivity contribution in [1.82, 2.24) is 4.57 Å². The predicted octanol–water partition coefficient (Wildman–Crippen LogP) is 2.69. The third kappa shape index (κ3) is 2.49. The lowest BCUT2D eigenvalue weighted by Crippen LogP contribution is -2.04. The van der Waals surface area contributed by atoms with E-state index in [1.165, 1.54) is 24.3 Å². The highest BCUT2D eigenvalue weighted by molar-refractivity contribution is 6.30. The molecule has 0 aliphatic heterocycles. The molecule has 2 rings (SSSR count). The number of hydrogen-bond donors (Lipinski definition) is 0. The highest BCUT2D eigenvalue weighted by Crippen LogP contribution is 2.16. The molecule has 2 nitrogen and oxygen atoms in total. The zero-order chi connectivity index (χ0) is 11.5. The quantitative estimate of drug-likeness (QED) is 0.787. The number of pyridine rings is 1. The Morgan fingerprint density at radius 3 is 2.50 bits per heavy atom. The van der Waals surface area contributed by atoms with Crippen LogP contribution in [0.5, 0.6) is 0 Å². The molecule has 82 valence electrons. The Morgan fingerprint density at radius 2 is 1.88 bits per heavy atom. The van der Waals surface area contributed by atoms with Crippen molar-refractivity contribution in [2.75, 3.05) is 0 Å². The zero-order valence-corrected chi connectivity index (χ0v) is 9.12. The molecule has 0 saturated carbocycles. The molecule has 0 atom stereocenters. The average molecular weight is 238 g/mol. The van der Waals surface area contributed by atoms with Crippen LogP contribution in [0.15, 0.2) is 47.5 Å². The molecule has 0 spiro atoms. The van der Waals surface area contributed by atoms with Crippen LogP contribution in [-0.4, -0.2) is 4.57 Å². The lowest BCUT2D eigenvalue weighted by Gasteiger charge is -2.06. The minimum absolute atomic E-state index is 0.0430. The standard InChI is InChI=1S/C12H9ClFNO/c13-11-2-1-9(7-12(11)14)8-15-5-3-10(16)4-6-15/h1-7H,8H2. The summed E-state index contributed by atoms with van der Waals surface area (Å²) in [5, 5.41) is 0.114. The Bertz CT molecular complexity index is 545. The van der Waals surface area contributed by atoms with Crippen LogP contribution in [0.1, 0.15) is 5.56 Å². The zero-order valence-electron chi connectivity index (χ0n) is 8.36. The molecule has 2 aromatic rings. The lowest BCUT2D eigenvalue weighted by molar-refractivity contribution is 0.624. The van der Waals surface area contributed by atoms with Gasteiger partial charge in [0.1, 0.15) is 5.82 Å². The van der Waals surface area contributed by atoms with Crippen molar-refractivity contribution >= 4 is 11.6 Å². The Kier molecular flexibility index (Phi) is 3.06. The van der Waals surface area contributed by atoms with Gasteiger partial charge < -0.3 is 4.57 Å². The Morgan fingerprint density at radius 1 is 1.19 bits per heavy atom. The molecule has 0 unspecified atom stereocenters. The van der Waals surface area contributed by atoms with Gasteiger partial charge in [0.25, 0.3) is 0 Å². The van der Waals surface area contributed by atoms with Crippen LogP contribution < -0.4 is 5.43 Å². The fraction of sp³-hybridized carbons (Fsp3) is 0.0833. The van der Waals surface area contributed by atoms with Crippen molar-refractivity contribution < 1.29 is 4.39 Å². The summed E-state index contributed by atoms with van der Waals surface area (Å²) in [6.45, 7) is 0.508. The van der Waals surface area contributed by atoms with Crippen molar-refractivity contribution in [3.63, 3.8) is 0 Å². The third-order valence-corrected chi connectivity index (χ3v) is 2.52. The van der Waals surface area contributed by atoms with Crippen LogP contribution in [0.25, 0.3) is 0 Å². The molecular formula is C12H9ClFNO. The van der Waals surface area contributed by atoms with Crippen LogP contribution in [0, 0.1) is 5.82 Å². The van der Waals surface area contributed by atoms with Gasteiger partial charge in [0.2, 0.25) is 0 Å². The molecule has 0 N–H and O–H groups in total. The minimum atomic E-state index is -0.430. The molecule has 0 radical (unpaired) electrons.